The first kappa shape index (κ1) is 43.5. The number of nitrogens with two attached hydrogens (primary N) is 1. The highest BCUT2D eigenvalue weighted by molar-refractivity contribution is 5.88. The van der Waals surface area contributed by atoms with Gasteiger partial charge >= 0.3 is 11.9 Å². The number of hydrogen-bond donors (Lipinski definition) is 1. The molecule has 0 aliphatic rings. The van der Waals surface area contributed by atoms with Crippen LogP contribution in [0, 0.1) is 29.6 Å². The van der Waals surface area contributed by atoms with Crippen molar-refractivity contribution in [2.24, 2.45) is 35.3 Å². The van der Waals surface area contributed by atoms with Gasteiger partial charge in [-0.05, 0) is 59.8 Å². The zero-order valence-corrected chi connectivity index (χ0v) is 32.7. The lowest BCUT2D eigenvalue weighted by Gasteiger charge is -2.19. The van der Waals surface area contributed by atoms with Crippen LogP contribution in [0.4, 0.5) is 0 Å². The quantitative estimate of drug-likeness (QED) is 0.0902. The summed E-state index contributed by atoms with van der Waals surface area (Å²) < 4.78 is 11.0. The molecule has 0 unspecified atom stereocenters. The zero-order valence-electron chi connectivity index (χ0n) is 32.7. The molecule has 0 spiro atoms. The van der Waals surface area contributed by atoms with Crippen molar-refractivity contribution < 1.29 is 28.7 Å². The number of ketones is 2. The molecule has 0 saturated heterocycles. The van der Waals surface area contributed by atoms with Crippen molar-refractivity contribution in [2.75, 3.05) is 0 Å². The topological polar surface area (TPSA) is 113 Å². The highest BCUT2D eigenvalue weighted by atomic mass is 16.5. The minimum Gasteiger partial charge on any atom is -0.461 e. The molecule has 54 heavy (non-hydrogen) atoms. The third-order valence-corrected chi connectivity index (χ3v) is 9.17. The molecule has 0 aliphatic carbocycles. The molecule has 0 radical (unpaired) electrons. The van der Waals surface area contributed by atoms with E-state index in [0.717, 1.165) is 28.7 Å². The molecule has 288 valence electrons. The number of benzene rings is 4. The number of carbonyl (C=O) groups excluding carboxylic acids is 4. The van der Waals surface area contributed by atoms with Gasteiger partial charge in [0.1, 0.15) is 24.8 Å². The largest absolute Gasteiger partial charge is 0.461 e. The summed E-state index contributed by atoms with van der Waals surface area (Å²) in [6, 6.07) is 38.1. The maximum absolute atomic E-state index is 12.7. The Morgan fingerprint density at radius 2 is 0.815 bits per heavy atom. The Hall–Kier alpha value is -4.88. The van der Waals surface area contributed by atoms with Crippen molar-refractivity contribution in [2.45, 2.75) is 92.4 Å². The fourth-order valence-electron chi connectivity index (χ4n) is 6.28. The highest BCUT2D eigenvalue weighted by Crippen LogP contribution is 2.22. The number of rotatable bonds is 20. The first-order valence-corrected chi connectivity index (χ1v) is 19.2. The van der Waals surface area contributed by atoms with Gasteiger partial charge in [-0.15, -0.1) is 0 Å². The van der Waals surface area contributed by atoms with E-state index in [9.17, 15) is 19.2 Å². The Labute approximate surface area is 322 Å². The van der Waals surface area contributed by atoms with Crippen LogP contribution < -0.4 is 5.73 Å². The molecular formula is C47H59NO6. The average molecular weight is 734 g/mol. The Bertz CT molecular complexity index is 1550. The molecular weight excluding hydrogens is 675 g/mol. The molecule has 0 saturated carbocycles. The van der Waals surface area contributed by atoms with Gasteiger partial charge in [0.25, 0.3) is 0 Å². The Morgan fingerprint density at radius 3 is 1.17 bits per heavy atom. The van der Waals surface area contributed by atoms with E-state index in [1.165, 1.54) is 0 Å². The zero-order chi connectivity index (χ0) is 39.3. The summed E-state index contributed by atoms with van der Waals surface area (Å²) in [5.41, 5.74) is 9.94. The first-order valence-electron chi connectivity index (χ1n) is 19.2. The van der Waals surface area contributed by atoms with E-state index in [2.05, 4.69) is 13.8 Å². The van der Waals surface area contributed by atoms with Gasteiger partial charge in [0.2, 0.25) is 0 Å². The fraction of sp³-hybridized carbons (Fsp3) is 0.404. The SMILES string of the molecule is CC(C)C[C@H](C)C(=O)C[C@@H](Cc1ccccc1)C(=O)OCc1ccccc1.CC(C)C[C@H](N)C(=O)C[C@@H](Cc1ccccc1)C(=O)OCc1ccccc1. The standard InChI is InChI=1S/C24H30O3.C23H29NO3/c1-18(2)14-19(3)23(25)16-22(15-20-10-6-4-7-11-20)24(26)27-17-21-12-8-5-9-13-21;1-17(2)13-21(24)22(25)15-20(14-18-9-5-3-6-10-18)23(26)27-16-19-11-7-4-8-12-19/h4-13,18-19,22H,14-17H2,1-3H3;3-12,17,20-21H,13-16,24H2,1-2H3/t19-,22+;20-,21+/m01/s1. The number of carbonyl (C=O) groups is 4. The Balaban J connectivity index is 0.000000290. The van der Waals surface area contributed by atoms with E-state index < -0.39 is 17.9 Å². The Kier molecular flexibility index (Phi) is 19.1. The second-order valence-corrected chi connectivity index (χ2v) is 15.1. The van der Waals surface area contributed by atoms with Gasteiger partial charge in [0.05, 0.1) is 17.9 Å². The second-order valence-electron chi connectivity index (χ2n) is 15.1. The maximum Gasteiger partial charge on any atom is 0.310 e. The summed E-state index contributed by atoms with van der Waals surface area (Å²) in [6.07, 6.45) is 2.79. The molecule has 4 rings (SSSR count). The van der Waals surface area contributed by atoms with Crippen molar-refractivity contribution in [3.05, 3.63) is 144 Å². The number of ether oxygens (including phenoxy) is 2. The lowest BCUT2D eigenvalue weighted by atomic mass is 9.87. The average Bonchev–Trinajstić information content (AvgIpc) is 3.16. The number of esters is 2. The fourth-order valence-corrected chi connectivity index (χ4v) is 6.28. The lowest BCUT2D eigenvalue weighted by Crippen LogP contribution is -2.35. The van der Waals surface area contributed by atoms with Crippen molar-refractivity contribution in [1.29, 1.82) is 0 Å². The van der Waals surface area contributed by atoms with Crippen LogP contribution in [-0.4, -0.2) is 29.5 Å². The summed E-state index contributed by atoms with van der Waals surface area (Å²) in [7, 11) is 0. The molecule has 0 amide bonds. The molecule has 0 aliphatic heterocycles. The van der Waals surface area contributed by atoms with E-state index in [0.29, 0.717) is 31.1 Å². The lowest BCUT2D eigenvalue weighted by molar-refractivity contribution is -0.152. The van der Waals surface area contributed by atoms with Gasteiger partial charge < -0.3 is 15.2 Å². The first-order chi connectivity index (χ1) is 25.9. The van der Waals surface area contributed by atoms with Crippen LogP contribution >= 0.6 is 0 Å². The molecule has 7 heteroatoms. The van der Waals surface area contributed by atoms with Crippen LogP contribution in [-0.2, 0) is 54.7 Å². The normalized spacial score (nSPS) is 13.2. The molecule has 2 N–H and O–H groups in total. The summed E-state index contributed by atoms with van der Waals surface area (Å²) in [5, 5.41) is 0. The van der Waals surface area contributed by atoms with Gasteiger partial charge in [-0.2, -0.15) is 0 Å². The van der Waals surface area contributed by atoms with Gasteiger partial charge in [0, 0.05) is 18.8 Å². The number of Topliss-reactive ketones (excluding diaryl/α,β-unsaturated/α-hetero) is 2. The second kappa shape index (κ2) is 23.7. The van der Waals surface area contributed by atoms with Crippen LogP contribution in [0.15, 0.2) is 121 Å². The third kappa shape index (κ3) is 16.9. The Morgan fingerprint density at radius 1 is 0.481 bits per heavy atom. The summed E-state index contributed by atoms with van der Waals surface area (Å²) >= 11 is 0. The summed E-state index contributed by atoms with van der Waals surface area (Å²) in [6.45, 7) is 10.7. The molecule has 4 aromatic carbocycles. The van der Waals surface area contributed by atoms with Crippen LogP contribution in [0.1, 0.15) is 82.6 Å². The molecule has 0 fully saturated rings. The smallest absolute Gasteiger partial charge is 0.310 e. The maximum atomic E-state index is 12.7. The van der Waals surface area contributed by atoms with E-state index in [1.54, 1.807) is 0 Å². The molecule has 4 aromatic rings. The van der Waals surface area contributed by atoms with Crippen molar-refractivity contribution >= 4 is 23.5 Å². The van der Waals surface area contributed by atoms with E-state index in [1.807, 2.05) is 142 Å². The predicted molar refractivity (Wildman–Crippen MR) is 215 cm³/mol. The van der Waals surface area contributed by atoms with Gasteiger partial charge in [0.15, 0.2) is 0 Å². The monoisotopic (exact) mass is 733 g/mol. The molecule has 7 nitrogen and oxygen atoms in total. The van der Waals surface area contributed by atoms with Crippen molar-refractivity contribution in [1.82, 2.24) is 0 Å². The molecule has 0 aromatic heterocycles. The minimum absolute atomic E-state index is 0.0369. The number of hydrogen-bond acceptors (Lipinski definition) is 7. The highest BCUT2D eigenvalue weighted by Gasteiger charge is 2.28. The van der Waals surface area contributed by atoms with Crippen molar-refractivity contribution in [3.63, 3.8) is 0 Å². The van der Waals surface area contributed by atoms with Gasteiger partial charge in [-0.25, -0.2) is 0 Å². The molecule has 4 atom stereocenters. The summed E-state index contributed by atoms with van der Waals surface area (Å²) in [4.78, 5) is 50.6. The van der Waals surface area contributed by atoms with Crippen molar-refractivity contribution in [3.8, 4) is 0 Å². The summed E-state index contributed by atoms with van der Waals surface area (Å²) in [5.74, 6) is -0.809. The van der Waals surface area contributed by atoms with E-state index in [-0.39, 0.29) is 55.5 Å². The third-order valence-electron chi connectivity index (χ3n) is 9.17. The molecule has 0 heterocycles. The van der Waals surface area contributed by atoms with Gasteiger partial charge in [-0.1, -0.05) is 156 Å². The molecule has 0 bridgehead atoms. The van der Waals surface area contributed by atoms with Crippen LogP contribution in [0.2, 0.25) is 0 Å². The predicted octanol–water partition coefficient (Wildman–Crippen LogP) is 9.15. The van der Waals surface area contributed by atoms with E-state index in [4.69, 9.17) is 15.2 Å². The van der Waals surface area contributed by atoms with Crippen LogP contribution in [0.5, 0.6) is 0 Å². The van der Waals surface area contributed by atoms with Gasteiger partial charge in [-0.3, -0.25) is 19.2 Å². The van der Waals surface area contributed by atoms with Crippen LogP contribution in [0.3, 0.4) is 0 Å². The van der Waals surface area contributed by atoms with E-state index >= 15 is 0 Å². The van der Waals surface area contributed by atoms with Crippen LogP contribution in [0.25, 0.3) is 0 Å². The minimum atomic E-state index is -0.537.